The summed E-state index contributed by atoms with van der Waals surface area (Å²) in [6.07, 6.45) is 0. The van der Waals surface area contributed by atoms with Gasteiger partial charge in [-0.05, 0) is 36.4 Å². The maximum atomic E-state index is 11.9. The molecular weight excluding hydrogens is 358 g/mol. The molecule has 8 nitrogen and oxygen atoms in total. The summed E-state index contributed by atoms with van der Waals surface area (Å²) in [5.41, 5.74) is 1.81. The van der Waals surface area contributed by atoms with E-state index >= 15 is 0 Å². The number of anilines is 1. The number of carbonyl (C=O) groups excluding carboxylic acids is 2. The van der Waals surface area contributed by atoms with E-state index < -0.39 is 18.5 Å². The number of nitrogens with one attached hydrogen (secondary N) is 1. The van der Waals surface area contributed by atoms with Crippen LogP contribution < -0.4 is 14.8 Å². The molecule has 0 bridgehead atoms. The van der Waals surface area contributed by atoms with Gasteiger partial charge in [0.25, 0.3) is 5.91 Å². The highest BCUT2D eigenvalue weighted by Crippen LogP contribution is 2.21. The van der Waals surface area contributed by atoms with Crippen LogP contribution in [-0.4, -0.2) is 40.9 Å². The average molecular weight is 373 g/mol. The topological polar surface area (TPSA) is 99.6 Å². The number of esters is 1. The fourth-order valence-electron chi connectivity index (χ4n) is 2.10. The minimum atomic E-state index is -0.649. The molecule has 0 fully saturated rings. The number of rotatable bonds is 7. The van der Waals surface area contributed by atoms with Crippen LogP contribution in [0, 0.1) is 0 Å². The van der Waals surface area contributed by atoms with Crippen LogP contribution in [0.15, 0.2) is 42.5 Å². The summed E-state index contributed by atoms with van der Waals surface area (Å²) in [7, 11) is 1.56. The van der Waals surface area contributed by atoms with Crippen molar-refractivity contribution in [3.8, 4) is 11.5 Å². The van der Waals surface area contributed by atoms with Gasteiger partial charge in [-0.15, -0.1) is 0 Å². The van der Waals surface area contributed by atoms with Gasteiger partial charge in [0.15, 0.2) is 13.2 Å². The summed E-state index contributed by atoms with van der Waals surface area (Å²) in [6, 6.07) is 12.0. The molecule has 1 amide bonds. The Balaban J connectivity index is 1.45. The Labute approximate surface area is 153 Å². The van der Waals surface area contributed by atoms with Crippen molar-refractivity contribution in [1.82, 2.24) is 8.75 Å². The quantitative estimate of drug-likeness (QED) is 0.634. The zero-order chi connectivity index (χ0) is 18.4. The van der Waals surface area contributed by atoms with E-state index in [2.05, 4.69) is 14.1 Å². The van der Waals surface area contributed by atoms with Crippen LogP contribution >= 0.6 is 11.7 Å². The molecule has 3 aromatic rings. The zero-order valence-corrected chi connectivity index (χ0v) is 14.6. The third kappa shape index (κ3) is 4.45. The van der Waals surface area contributed by atoms with E-state index in [9.17, 15) is 9.59 Å². The van der Waals surface area contributed by atoms with Gasteiger partial charge in [-0.1, -0.05) is 6.07 Å². The van der Waals surface area contributed by atoms with Crippen molar-refractivity contribution in [1.29, 1.82) is 0 Å². The van der Waals surface area contributed by atoms with Crippen molar-refractivity contribution in [2.24, 2.45) is 0 Å². The summed E-state index contributed by atoms with van der Waals surface area (Å²) in [6.45, 7) is -0.718. The highest BCUT2D eigenvalue weighted by atomic mass is 32.1. The molecule has 0 saturated carbocycles. The summed E-state index contributed by atoms with van der Waals surface area (Å²) >= 11 is 1.06. The van der Waals surface area contributed by atoms with Gasteiger partial charge in [0, 0.05) is 0 Å². The number of hydrogen-bond donors (Lipinski definition) is 1. The number of carbonyl (C=O) groups is 2. The Hall–Kier alpha value is -3.20. The normalized spacial score (nSPS) is 10.3. The molecule has 26 heavy (non-hydrogen) atoms. The van der Waals surface area contributed by atoms with Crippen LogP contribution in [0.3, 0.4) is 0 Å². The predicted octanol–water partition coefficient (Wildman–Crippen LogP) is 2.26. The van der Waals surface area contributed by atoms with Crippen molar-refractivity contribution in [3.05, 3.63) is 42.5 Å². The number of hydrogen-bond acceptors (Lipinski definition) is 8. The van der Waals surface area contributed by atoms with E-state index in [1.165, 1.54) is 0 Å². The van der Waals surface area contributed by atoms with Gasteiger partial charge in [0.2, 0.25) is 0 Å². The first-order valence-corrected chi connectivity index (χ1v) is 8.32. The molecule has 0 aliphatic heterocycles. The number of ether oxygens (including phenoxy) is 3. The smallest absolute Gasteiger partial charge is 0.344 e. The van der Waals surface area contributed by atoms with Gasteiger partial charge < -0.3 is 19.5 Å². The molecule has 9 heteroatoms. The molecular formula is C17H15N3O5S. The molecule has 0 aliphatic carbocycles. The Morgan fingerprint density at radius 1 is 1.04 bits per heavy atom. The Kier molecular flexibility index (Phi) is 5.59. The molecule has 2 aromatic carbocycles. The lowest BCUT2D eigenvalue weighted by Gasteiger charge is -2.08. The minimum absolute atomic E-state index is 0.300. The number of aromatic nitrogens is 2. The number of fused-ring (bicyclic) bond motifs is 1. The zero-order valence-electron chi connectivity index (χ0n) is 13.8. The van der Waals surface area contributed by atoms with E-state index in [0.29, 0.717) is 28.2 Å². The number of benzene rings is 2. The monoisotopic (exact) mass is 373 g/mol. The lowest BCUT2D eigenvalue weighted by Crippen LogP contribution is -2.23. The molecule has 3 rings (SSSR count). The second-order valence-corrected chi connectivity index (χ2v) is 5.64. The Morgan fingerprint density at radius 2 is 1.81 bits per heavy atom. The SMILES string of the molecule is COc1ccc(OCC(=O)OCC(=O)Nc2cccc3nsnc23)cc1. The molecule has 1 aromatic heterocycles. The predicted molar refractivity (Wildman–Crippen MR) is 95.5 cm³/mol. The van der Waals surface area contributed by atoms with Crippen molar-refractivity contribution >= 4 is 40.3 Å². The number of amides is 1. The number of nitrogens with zero attached hydrogens (tertiary/aromatic N) is 2. The second kappa shape index (κ2) is 8.26. The van der Waals surface area contributed by atoms with Crippen LogP contribution in [0.25, 0.3) is 11.0 Å². The molecule has 0 saturated heterocycles. The van der Waals surface area contributed by atoms with E-state index in [4.69, 9.17) is 14.2 Å². The molecule has 0 aliphatic rings. The highest BCUT2D eigenvalue weighted by molar-refractivity contribution is 7.00. The summed E-state index contributed by atoms with van der Waals surface area (Å²) in [4.78, 5) is 23.6. The van der Waals surface area contributed by atoms with Gasteiger partial charge >= 0.3 is 5.97 Å². The van der Waals surface area contributed by atoms with Crippen LogP contribution in [0.5, 0.6) is 11.5 Å². The standard InChI is InChI=1S/C17H15N3O5S/c1-23-11-5-7-12(8-6-11)24-10-16(22)25-9-15(21)18-13-3-2-4-14-17(13)20-26-19-14/h2-8H,9-10H2,1H3,(H,18,21). The highest BCUT2D eigenvalue weighted by Gasteiger charge is 2.11. The maximum Gasteiger partial charge on any atom is 0.344 e. The van der Waals surface area contributed by atoms with Crippen molar-refractivity contribution in [3.63, 3.8) is 0 Å². The fourth-order valence-corrected chi connectivity index (χ4v) is 2.64. The molecule has 1 N–H and O–H groups in total. The maximum absolute atomic E-state index is 11.9. The van der Waals surface area contributed by atoms with Crippen LogP contribution in [0.4, 0.5) is 5.69 Å². The van der Waals surface area contributed by atoms with E-state index in [-0.39, 0.29) is 6.61 Å². The Morgan fingerprint density at radius 3 is 2.58 bits per heavy atom. The van der Waals surface area contributed by atoms with E-state index in [0.717, 1.165) is 11.7 Å². The molecule has 0 spiro atoms. The first-order chi connectivity index (χ1) is 12.7. The van der Waals surface area contributed by atoms with Crippen LogP contribution in [0.2, 0.25) is 0 Å². The lowest BCUT2D eigenvalue weighted by molar-refractivity contribution is -0.149. The third-order valence-electron chi connectivity index (χ3n) is 3.34. The van der Waals surface area contributed by atoms with Gasteiger partial charge in [0.05, 0.1) is 24.5 Å². The van der Waals surface area contributed by atoms with Crippen LogP contribution in [-0.2, 0) is 14.3 Å². The van der Waals surface area contributed by atoms with Gasteiger partial charge in [-0.2, -0.15) is 8.75 Å². The summed E-state index contributed by atoms with van der Waals surface area (Å²) in [5, 5.41) is 2.65. The van der Waals surface area contributed by atoms with E-state index in [1.54, 1.807) is 49.6 Å². The van der Waals surface area contributed by atoms with Crippen molar-refractivity contribution < 1.29 is 23.8 Å². The fraction of sp³-hybridized carbons (Fsp3) is 0.176. The van der Waals surface area contributed by atoms with Gasteiger partial charge in [-0.3, -0.25) is 4.79 Å². The first kappa shape index (κ1) is 17.6. The lowest BCUT2D eigenvalue weighted by atomic mass is 10.2. The van der Waals surface area contributed by atoms with Gasteiger partial charge in [-0.25, -0.2) is 4.79 Å². The molecule has 0 unspecified atom stereocenters. The van der Waals surface area contributed by atoms with Crippen molar-refractivity contribution in [2.45, 2.75) is 0 Å². The molecule has 1 heterocycles. The average Bonchev–Trinajstić information content (AvgIpc) is 3.15. The first-order valence-electron chi connectivity index (χ1n) is 7.59. The molecule has 134 valence electrons. The Bertz CT molecular complexity index is 910. The summed E-state index contributed by atoms with van der Waals surface area (Å²) < 4.78 is 23.4. The second-order valence-electron chi connectivity index (χ2n) is 5.11. The van der Waals surface area contributed by atoms with Crippen molar-refractivity contribution in [2.75, 3.05) is 25.6 Å². The van der Waals surface area contributed by atoms with Gasteiger partial charge in [0.1, 0.15) is 22.5 Å². The van der Waals surface area contributed by atoms with E-state index in [1.807, 2.05) is 0 Å². The molecule has 0 radical (unpaired) electrons. The summed E-state index contributed by atoms with van der Waals surface area (Å²) in [5.74, 6) is 0.0599. The third-order valence-corrected chi connectivity index (χ3v) is 3.88. The number of methoxy groups -OCH3 is 1. The minimum Gasteiger partial charge on any atom is -0.497 e. The molecule has 0 atom stereocenters. The van der Waals surface area contributed by atoms with Crippen LogP contribution in [0.1, 0.15) is 0 Å². The largest absolute Gasteiger partial charge is 0.497 e.